The molecule has 0 bridgehead atoms. The molecule has 0 saturated carbocycles. The summed E-state index contributed by atoms with van der Waals surface area (Å²) < 4.78 is 12.8. The van der Waals surface area contributed by atoms with Gasteiger partial charge in [-0.05, 0) is 22.2 Å². The maximum Gasteiger partial charge on any atom is 0.129 e. The van der Waals surface area contributed by atoms with Crippen molar-refractivity contribution in [2.75, 3.05) is 0 Å². The van der Waals surface area contributed by atoms with Gasteiger partial charge in [-0.1, -0.05) is 48.2 Å². The van der Waals surface area contributed by atoms with Gasteiger partial charge in [0.2, 0.25) is 0 Å². The Morgan fingerprint density at radius 3 is 2.44 bits per heavy atom. The van der Waals surface area contributed by atoms with Crippen LogP contribution in [0, 0.1) is 11.8 Å². The normalized spacial score (nSPS) is 16.6. The van der Waals surface area contributed by atoms with Gasteiger partial charge in [-0.2, -0.15) is 4.94 Å². The highest BCUT2D eigenvalue weighted by atomic mass is 19.3. The minimum atomic E-state index is -0.586. The van der Waals surface area contributed by atoms with Crippen molar-refractivity contribution in [2.24, 2.45) is 0 Å². The Kier molecular flexibility index (Phi) is 2.84. The van der Waals surface area contributed by atoms with E-state index in [0.29, 0.717) is 6.42 Å². The quantitative estimate of drug-likeness (QED) is 0.690. The van der Waals surface area contributed by atoms with Crippen molar-refractivity contribution in [1.29, 1.82) is 0 Å². The number of hydrogen-bond acceptors (Lipinski definition) is 1. The molecule has 1 unspecified atom stereocenters. The van der Waals surface area contributed by atoms with Crippen LogP contribution in [0.15, 0.2) is 48.5 Å². The molecule has 1 atom stereocenters. The highest BCUT2D eigenvalue weighted by Gasteiger charge is 2.19. The van der Waals surface area contributed by atoms with Crippen LogP contribution in [0.1, 0.15) is 28.4 Å². The zero-order valence-corrected chi connectivity index (χ0v) is 9.69. The molecule has 1 aliphatic carbocycles. The lowest BCUT2D eigenvalue weighted by molar-refractivity contribution is -0.181. The third kappa shape index (κ3) is 1.90. The van der Waals surface area contributed by atoms with Gasteiger partial charge in [0, 0.05) is 23.1 Å². The van der Waals surface area contributed by atoms with Crippen molar-refractivity contribution in [3.05, 3.63) is 70.8 Å². The summed E-state index contributed by atoms with van der Waals surface area (Å²) in [5.74, 6) is 6.23. The summed E-state index contributed by atoms with van der Waals surface area (Å²) >= 11 is 0. The Balaban J connectivity index is 2.19. The standard InChI is InChI=1S/C16H11FO/c17-18-16-11-14-7-2-1-5-12(14)9-10-13-6-3-4-8-15(13)16/h1-8,16H,11H2. The largest absolute Gasteiger partial charge is 0.186 e. The van der Waals surface area contributed by atoms with Crippen molar-refractivity contribution in [1.82, 2.24) is 0 Å². The van der Waals surface area contributed by atoms with E-state index in [4.69, 9.17) is 0 Å². The van der Waals surface area contributed by atoms with Gasteiger partial charge in [0.25, 0.3) is 0 Å². The molecule has 0 amide bonds. The monoisotopic (exact) mass is 238 g/mol. The topological polar surface area (TPSA) is 9.23 Å². The molecule has 0 aliphatic heterocycles. The second-order valence-electron chi connectivity index (χ2n) is 4.28. The molecule has 0 N–H and O–H groups in total. The van der Waals surface area contributed by atoms with Crippen LogP contribution in [-0.4, -0.2) is 0 Å². The van der Waals surface area contributed by atoms with Crippen molar-refractivity contribution in [3.63, 3.8) is 0 Å². The number of halogens is 1. The molecule has 3 rings (SSSR count). The Hall–Kier alpha value is -2.11. The van der Waals surface area contributed by atoms with Gasteiger partial charge >= 0.3 is 0 Å². The van der Waals surface area contributed by atoms with Crippen LogP contribution in [0.4, 0.5) is 4.53 Å². The van der Waals surface area contributed by atoms with E-state index in [2.05, 4.69) is 16.8 Å². The van der Waals surface area contributed by atoms with E-state index >= 15 is 0 Å². The first-order valence-corrected chi connectivity index (χ1v) is 5.85. The molecule has 0 spiro atoms. The Bertz CT molecular complexity index is 637. The fourth-order valence-corrected chi connectivity index (χ4v) is 2.24. The van der Waals surface area contributed by atoms with Gasteiger partial charge in [0.05, 0.1) is 0 Å². The van der Waals surface area contributed by atoms with Gasteiger partial charge in [-0.3, -0.25) is 0 Å². The van der Waals surface area contributed by atoms with Gasteiger partial charge < -0.3 is 0 Å². The third-order valence-corrected chi connectivity index (χ3v) is 3.17. The second kappa shape index (κ2) is 4.64. The number of rotatable bonds is 1. The van der Waals surface area contributed by atoms with Crippen LogP contribution in [0.3, 0.4) is 0 Å². The molecule has 0 saturated heterocycles. The van der Waals surface area contributed by atoms with E-state index in [0.717, 1.165) is 22.3 Å². The number of hydrogen-bond donors (Lipinski definition) is 0. The number of benzene rings is 2. The van der Waals surface area contributed by atoms with E-state index in [1.807, 2.05) is 48.5 Å². The maximum absolute atomic E-state index is 12.8. The van der Waals surface area contributed by atoms with Gasteiger partial charge in [-0.25, -0.2) is 0 Å². The average Bonchev–Trinajstić information content (AvgIpc) is 2.41. The van der Waals surface area contributed by atoms with Crippen LogP contribution in [-0.2, 0) is 11.4 Å². The lowest BCUT2D eigenvalue weighted by Crippen LogP contribution is -2.08. The maximum atomic E-state index is 12.8. The van der Waals surface area contributed by atoms with Crippen LogP contribution in [0.25, 0.3) is 0 Å². The predicted octanol–water partition coefficient (Wildman–Crippen LogP) is 3.58. The van der Waals surface area contributed by atoms with Gasteiger partial charge in [-0.15, -0.1) is 0 Å². The third-order valence-electron chi connectivity index (χ3n) is 3.17. The summed E-state index contributed by atoms with van der Waals surface area (Å²) in [5.41, 5.74) is 3.59. The van der Waals surface area contributed by atoms with Crippen molar-refractivity contribution >= 4 is 0 Å². The Morgan fingerprint density at radius 1 is 0.944 bits per heavy atom. The zero-order valence-electron chi connectivity index (χ0n) is 9.69. The summed E-state index contributed by atoms with van der Waals surface area (Å²) in [6.07, 6.45) is -0.0878. The summed E-state index contributed by atoms with van der Waals surface area (Å²) in [6, 6.07) is 15.3. The Morgan fingerprint density at radius 2 is 1.61 bits per heavy atom. The fourth-order valence-electron chi connectivity index (χ4n) is 2.24. The summed E-state index contributed by atoms with van der Waals surface area (Å²) in [5, 5.41) is 0. The van der Waals surface area contributed by atoms with E-state index in [-0.39, 0.29) is 0 Å². The van der Waals surface area contributed by atoms with Crippen LogP contribution in [0.5, 0.6) is 0 Å². The average molecular weight is 238 g/mol. The Labute approximate surface area is 105 Å². The van der Waals surface area contributed by atoms with Crippen molar-refractivity contribution in [3.8, 4) is 11.8 Å². The molecule has 0 fully saturated rings. The summed E-state index contributed by atoms with van der Waals surface area (Å²) in [7, 11) is 0. The molecule has 1 aliphatic rings. The molecule has 2 aromatic carbocycles. The minimum Gasteiger partial charge on any atom is -0.186 e. The molecule has 0 heterocycles. The molecule has 18 heavy (non-hydrogen) atoms. The first-order valence-electron chi connectivity index (χ1n) is 5.85. The highest BCUT2D eigenvalue weighted by molar-refractivity contribution is 5.52. The van der Waals surface area contributed by atoms with E-state index in [1.165, 1.54) is 0 Å². The fraction of sp³-hybridized carbons (Fsp3) is 0.125. The lowest BCUT2D eigenvalue weighted by Gasteiger charge is -2.17. The first-order chi connectivity index (χ1) is 8.88. The number of fused-ring (bicyclic) bond motifs is 2. The minimum absolute atomic E-state index is 0.498. The van der Waals surface area contributed by atoms with Gasteiger partial charge in [0.1, 0.15) is 6.10 Å². The van der Waals surface area contributed by atoms with E-state index in [9.17, 15) is 4.53 Å². The molecular formula is C16H11FO. The molecule has 0 aromatic heterocycles. The summed E-state index contributed by atoms with van der Waals surface area (Å²) in [6.45, 7) is 0. The SMILES string of the molecule is FOC1Cc2ccccc2C#Cc2ccccc21. The molecular weight excluding hydrogens is 227 g/mol. The molecule has 88 valence electrons. The van der Waals surface area contributed by atoms with Crippen LogP contribution >= 0.6 is 0 Å². The van der Waals surface area contributed by atoms with Crippen LogP contribution < -0.4 is 0 Å². The molecule has 2 heteroatoms. The van der Waals surface area contributed by atoms with Crippen LogP contribution in [0.2, 0.25) is 0 Å². The molecule has 1 nitrogen and oxygen atoms in total. The van der Waals surface area contributed by atoms with E-state index in [1.54, 1.807) is 0 Å². The smallest absolute Gasteiger partial charge is 0.129 e. The van der Waals surface area contributed by atoms with E-state index < -0.39 is 6.10 Å². The zero-order chi connectivity index (χ0) is 12.4. The van der Waals surface area contributed by atoms with Gasteiger partial charge in [0.15, 0.2) is 0 Å². The summed E-state index contributed by atoms with van der Waals surface area (Å²) in [4.78, 5) is 4.14. The lowest BCUT2D eigenvalue weighted by atomic mass is 9.92. The molecule has 0 radical (unpaired) electrons. The van der Waals surface area contributed by atoms with Crippen molar-refractivity contribution < 1.29 is 9.47 Å². The first kappa shape index (κ1) is 11.0. The van der Waals surface area contributed by atoms with Crippen molar-refractivity contribution in [2.45, 2.75) is 12.5 Å². The predicted molar refractivity (Wildman–Crippen MR) is 67.5 cm³/mol. The second-order valence-corrected chi connectivity index (χ2v) is 4.28. The molecule has 2 aromatic rings. The highest BCUT2D eigenvalue weighted by Crippen LogP contribution is 2.28.